The molecule has 0 unspecified atom stereocenters. The number of ether oxygens (including phenoxy) is 1. The van der Waals surface area contributed by atoms with E-state index >= 15 is 0 Å². The molecule has 6 nitrogen and oxygen atoms in total. The molecule has 1 heterocycles. The first-order valence-corrected chi connectivity index (χ1v) is 6.91. The van der Waals surface area contributed by atoms with Gasteiger partial charge in [-0.3, -0.25) is 9.69 Å². The molecule has 2 rings (SSSR count). The molecule has 112 valence electrons. The fourth-order valence-electron chi connectivity index (χ4n) is 1.80. The Labute approximate surface area is 130 Å². The third-order valence-corrected chi connectivity index (χ3v) is 3.65. The third-order valence-electron chi connectivity index (χ3n) is 2.91. The number of esters is 1. The molecule has 1 fully saturated rings. The summed E-state index contributed by atoms with van der Waals surface area (Å²) in [6, 6.07) is 3.76. The molecule has 1 aromatic rings. The summed E-state index contributed by atoms with van der Waals surface area (Å²) >= 11 is 11.6. The maximum absolute atomic E-state index is 12.0. The predicted octanol–water partition coefficient (Wildman–Crippen LogP) is 2.09. The van der Waals surface area contributed by atoms with Gasteiger partial charge < -0.3 is 10.1 Å². The first-order valence-electron chi connectivity index (χ1n) is 6.15. The fraction of sp³-hybridized carbons (Fsp3) is 0.308. The van der Waals surface area contributed by atoms with Crippen LogP contribution in [0.5, 0.6) is 0 Å². The number of hydrogen-bond acceptors (Lipinski definition) is 4. The molecular weight excluding hydrogens is 319 g/mol. The smallest absolute Gasteiger partial charge is 0.338 e. The number of halogens is 2. The Hall–Kier alpha value is -1.79. The SMILES string of the molecule is C[C@H](OC(=O)c1ccc(Cl)c(Cl)c1)C(=O)N1CCNC1=O. The van der Waals surface area contributed by atoms with E-state index in [0.29, 0.717) is 11.6 Å². The minimum Gasteiger partial charge on any atom is -0.449 e. The average Bonchev–Trinajstić information content (AvgIpc) is 2.87. The van der Waals surface area contributed by atoms with Crippen LogP contribution in [0.4, 0.5) is 4.79 Å². The Bertz CT molecular complexity index is 606. The van der Waals surface area contributed by atoms with Crippen molar-refractivity contribution < 1.29 is 19.1 Å². The Morgan fingerprint density at radius 2 is 2.05 bits per heavy atom. The van der Waals surface area contributed by atoms with Crippen LogP contribution < -0.4 is 5.32 Å². The van der Waals surface area contributed by atoms with Gasteiger partial charge in [-0.05, 0) is 25.1 Å². The lowest BCUT2D eigenvalue weighted by atomic mass is 10.2. The molecule has 1 aromatic carbocycles. The van der Waals surface area contributed by atoms with E-state index < -0.39 is 24.0 Å². The third kappa shape index (κ3) is 3.46. The van der Waals surface area contributed by atoms with Crippen LogP contribution in [-0.4, -0.2) is 42.0 Å². The molecule has 0 bridgehead atoms. The summed E-state index contributed by atoms with van der Waals surface area (Å²) in [4.78, 5) is 36.3. The van der Waals surface area contributed by atoms with Crippen LogP contribution in [0.2, 0.25) is 10.0 Å². The van der Waals surface area contributed by atoms with Crippen LogP contribution in [0, 0.1) is 0 Å². The van der Waals surface area contributed by atoms with Crippen LogP contribution in [-0.2, 0) is 9.53 Å². The van der Waals surface area contributed by atoms with Gasteiger partial charge in [0.15, 0.2) is 6.10 Å². The number of nitrogens with zero attached hydrogens (tertiary/aromatic N) is 1. The van der Waals surface area contributed by atoms with Crippen LogP contribution in [0.25, 0.3) is 0 Å². The van der Waals surface area contributed by atoms with Gasteiger partial charge in [-0.25, -0.2) is 9.59 Å². The minimum atomic E-state index is -1.07. The maximum atomic E-state index is 12.0. The number of carbonyl (C=O) groups excluding carboxylic acids is 3. The molecule has 21 heavy (non-hydrogen) atoms. The predicted molar refractivity (Wildman–Crippen MR) is 76.5 cm³/mol. The number of carbonyl (C=O) groups is 3. The van der Waals surface area contributed by atoms with Crippen molar-refractivity contribution in [3.63, 3.8) is 0 Å². The molecule has 8 heteroatoms. The van der Waals surface area contributed by atoms with Crippen LogP contribution in [0.3, 0.4) is 0 Å². The number of rotatable bonds is 3. The molecule has 0 aromatic heterocycles. The summed E-state index contributed by atoms with van der Waals surface area (Å²) in [5.74, 6) is -1.28. The summed E-state index contributed by atoms with van der Waals surface area (Å²) in [5, 5.41) is 3.02. The zero-order valence-corrected chi connectivity index (χ0v) is 12.6. The van der Waals surface area contributed by atoms with E-state index in [0.717, 1.165) is 4.90 Å². The topological polar surface area (TPSA) is 75.7 Å². The first kappa shape index (κ1) is 15.6. The van der Waals surface area contributed by atoms with Crippen molar-refractivity contribution in [2.45, 2.75) is 13.0 Å². The van der Waals surface area contributed by atoms with E-state index in [2.05, 4.69) is 5.32 Å². The van der Waals surface area contributed by atoms with Crippen molar-refractivity contribution in [3.05, 3.63) is 33.8 Å². The van der Waals surface area contributed by atoms with Gasteiger partial charge in [0.05, 0.1) is 15.6 Å². The Kier molecular flexibility index (Phi) is 4.69. The molecule has 1 atom stereocenters. The van der Waals surface area contributed by atoms with Crippen LogP contribution in [0.15, 0.2) is 18.2 Å². The van der Waals surface area contributed by atoms with Crippen molar-refractivity contribution in [2.24, 2.45) is 0 Å². The Morgan fingerprint density at radius 3 is 2.62 bits per heavy atom. The van der Waals surface area contributed by atoms with Gasteiger partial charge in [0, 0.05) is 13.1 Å². The fourth-order valence-corrected chi connectivity index (χ4v) is 2.10. The van der Waals surface area contributed by atoms with Crippen LogP contribution >= 0.6 is 23.2 Å². The summed E-state index contributed by atoms with van der Waals surface area (Å²) in [5.41, 5.74) is 0.176. The van der Waals surface area contributed by atoms with Crippen molar-refractivity contribution in [3.8, 4) is 0 Å². The minimum absolute atomic E-state index is 0.176. The van der Waals surface area contributed by atoms with Gasteiger partial charge in [-0.2, -0.15) is 0 Å². The number of hydrogen-bond donors (Lipinski definition) is 1. The number of urea groups is 1. The van der Waals surface area contributed by atoms with Crippen molar-refractivity contribution in [1.82, 2.24) is 10.2 Å². The average molecular weight is 331 g/mol. The zero-order chi connectivity index (χ0) is 15.6. The standard InChI is InChI=1S/C13H12Cl2N2O4/c1-7(11(18)17-5-4-16-13(17)20)21-12(19)8-2-3-9(14)10(15)6-8/h2-3,6-7H,4-5H2,1H3,(H,16,20)/t7-/m0/s1. The molecule has 0 aliphatic carbocycles. The molecule has 1 aliphatic heterocycles. The Balaban J connectivity index is 2.03. The molecule has 1 N–H and O–H groups in total. The second-order valence-electron chi connectivity index (χ2n) is 4.40. The quantitative estimate of drug-likeness (QED) is 0.861. The number of amides is 3. The Morgan fingerprint density at radius 1 is 1.33 bits per heavy atom. The lowest BCUT2D eigenvalue weighted by Crippen LogP contribution is -2.41. The van der Waals surface area contributed by atoms with E-state index in [9.17, 15) is 14.4 Å². The highest BCUT2D eigenvalue weighted by Gasteiger charge is 2.31. The van der Waals surface area contributed by atoms with E-state index in [1.807, 2.05) is 0 Å². The zero-order valence-electron chi connectivity index (χ0n) is 11.1. The van der Waals surface area contributed by atoms with E-state index in [4.69, 9.17) is 27.9 Å². The highest BCUT2D eigenvalue weighted by Crippen LogP contribution is 2.23. The monoisotopic (exact) mass is 330 g/mol. The summed E-state index contributed by atoms with van der Waals surface area (Å²) in [6.45, 7) is 2.05. The van der Waals surface area contributed by atoms with E-state index in [1.165, 1.54) is 25.1 Å². The van der Waals surface area contributed by atoms with Gasteiger partial charge >= 0.3 is 12.0 Å². The highest BCUT2D eigenvalue weighted by molar-refractivity contribution is 6.42. The maximum Gasteiger partial charge on any atom is 0.338 e. The summed E-state index contributed by atoms with van der Waals surface area (Å²) < 4.78 is 5.04. The van der Waals surface area contributed by atoms with Crippen LogP contribution in [0.1, 0.15) is 17.3 Å². The number of benzene rings is 1. The van der Waals surface area contributed by atoms with Gasteiger partial charge in [0.1, 0.15) is 0 Å². The molecular formula is C13H12Cl2N2O4. The molecule has 1 saturated heterocycles. The number of nitrogens with one attached hydrogen (secondary N) is 1. The summed E-state index contributed by atoms with van der Waals surface area (Å²) in [7, 11) is 0. The van der Waals surface area contributed by atoms with Crippen molar-refractivity contribution in [2.75, 3.05) is 13.1 Å². The largest absolute Gasteiger partial charge is 0.449 e. The number of imide groups is 1. The second-order valence-corrected chi connectivity index (χ2v) is 5.21. The molecule has 0 spiro atoms. The normalized spacial score (nSPS) is 15.6. The van der Waals surface area contributed by atoms with E-state index in [-0.39, 0.29) is 17.1 Å². The molecule has 3 amide bonds. The van der Waals surface area contributed by atoms with E-state index in [1.54, 1.807) is 0 Å². The lowest BCUT2D eigenvalue weighted by molar-refractivity contribution is -0.136. The van der Waals surface area contributed by atoms with Gasteiger partial charge in [-0.15, -0.1) is 0 Å². The first-order chi connectivity index (χ1) is 9.90. The molecule has 0 saturated carbocycles. The van der Waals surface area contributed by atoms with Gasteiger partial charge in [0.25, 0.3) is 5.91 Å². The second kappa shape index (κ2) is 6.32. The van der Waals surface area contributed by atoms with Crippen molar-refractivity contribution >= 4 is 41.1 Å². The summed E-state index contributed by atoms with van der Waals surface area (Å²) in [6.07, 6.45) is -1.07. The molecule has 0 radical (unpaired) electrons. The van der Waals surface area contributed by atoms with Gasteiger partial charge in [0.2, 0.25) is 0 Å². The molecule has 1 aliphatic rings. The van der Waals surface area contributed by atoms with Gasteiger partial charge in [-0.1, -0.05) is 23.2 Å². The van der Waals surface area contributed by atoms with Crippen molar-refractivity contribution in [1.29, 1.82) is 0 Å². The lowest BCUT2D eigenvalue weighted by Gasteiger charge is -2.18. The highest BCUT2D eigenvalue weighted by atomic mass is 35.5.